The van der Waals surface area contributed by atoms with Crippen LogP contribution in [-0.4, -0.2) is 63.1 Å². The van der Waals surface area contributed by atoms with Gasteiger partial charge in [-0.05, 0) is 0 Å². The minimum atomic E-state index is -7.92. The zero-order valence-electron chi connectivity index (χ0n) is 10.7. The van der Waals surface area contributed by atoms with E-state index in [2.05, 4.69) is 0 Å². The fraction of sp³-hybridized carbons (Fsp3) is 0.778. The first-order valence-electron chi connectivity index (χ1n) is 5.37. The average molecular weight is 402 g/mol. The maximum Gasteiger partial charge on any atom is 0.386 e. The summed E-state index contributed by atoms with van der Waals surface area (Å²) in [5.41, 5.74) is -15.3. The Bertz CT molecular complexity index is 630. The van der Waals surface area contributed by atoms with E-state index in [0.717, 1.165) is 0 Å². The number of aliphatic carboxylic acids is 2. The summed E-state index contributed by atoms with van der Waals surface area (Å²) in [6.07, 6.45) is 0. The lowest BCUT2D eigenvalue weighted by molar-refractivity contribution is -0.474. The van der Waals surface area contributed by atoms with Crippen LogP contribution >= 0.6 is 0 Å². The minimum Gasteiger partial charge on any atom is -0.479 e. The molecule has 1 aliphatic carbocycles. The molecule has 0 radical (unpaired) electrons. The summed E-state index contributed by atoms with van der Waals surface area (Å²) in [6, 6.07) is 0. The maximum atomic E-state index is 14.1. The highest BCUT2D eigenvalue weighted by Gasteiger charge is 3.06. The molecule has 146 valence electrons. The van der Waals surface area contributed by atoms with Crippen LogP contribution < -0.4 is 0 Å². The average Bonchev–Trinajstić information content (AvgIpc) is 2.42. The lowest BCUT2D eigenvalue weighted by Crippen LogP contribution is -2.90. The summed E-state index contributed by atoms with van der Waals surface area (Å²) in [6.45, 7) is 0. The third-order valence-electron chi connectivity index (χ3n) is 3.52. The van der Waals surface area contributed by atoms with Crippen LogP contribution in [-0.2, 0) is 9.59 Å². The number of alkyl halides is 12. The molecule has 0 bridgehead atoms. The van der Waals surface area contributed by atoms with E-state index in [-0.39, 0.29) is 0 Å². The van der Waals surface area contributed by atoms with Crippen LogP contribution in [0.3, 0.4) is 0 Å². The monoisotopic (exact) mass is 402 g/mol. The van der Waals surface area contributed by atoms with Crippen molar-refractivity contribution in [1.82, 2.24) is 0 Å². The molecule has 2 N–H and O–H groups in total. The Labute approximate surface area is 127 Å². The first-order chi connectivity index (χ1) is 10.6. The van der Waals surface area contributed by atoms with Gasteiger partial charge in [0.1, 0.15) is 0 Å². The van der Waals surface area contributed by atoms with Crippen molar-refractivity contribution in [2.75, 3.05) is 0 Å². The molecule has 1 saturated carbocycles. The van der Waals surface area contributed by atoms with E-state index in [9.17, 15) is 62.3 Å². The summed E-state index contributed by atoms with van der Waals surface area (Å²) >= 11 is 0. The van der Waals surface area contributed by atoms with E-state index in [0.29, 0.717) is 0 Å². The fourth-order valence-electron chi connectivity index (χ4n) is 2.10. The summed E-state index contributed by atoms with van der Waals surface area (Å²) in [4.78, 5) is 20.6. The molecule has 1 rings (SSSR count). The number of rotatable bonds is 3. The van der Waals surface area contributed by atoms with Gasteiger partial charge in [0.15, 0.2) is 0 Å². The topological polar surface area (TPSA) is 74.6 Å². The molecular formula is C9H2F12O4. The van der Waals surface area contributed by atoms with Gasteiger partial charge in [-0.15, -0.1) is 0 Å². The number of hydrogen-bond acceptors (Lipinski definition) is 2. The Balaban J connectivity index is 4.22. The third-order valence-corrected chi connectivity index (χ3v) is 3.52. The van der Waals surface area contributed by atoms with Gasteiger partial charge in [-0.2, -0.15) is 43.9 Å². The van der Waals surface area contributed by atoms with Crippen LogP contribution in [0.4, 0.5) is 52.7 Å². The second-order valence-electron chi connectivity index (χ2n) is 4.80. The van der Waals surface area contributed by atoms with E-state index in [1.54, 1.807) is 0 Å². The lowest BCUT2D eigenvalue weighted by atomic mass is 9.62. The molecule has 2 unspecified atom stereocenters. The van der Waals surface area contributed by atoms with Gasteiger partial charge >= 0.3 is 52.9 Å². The van der Waals surface area contributed by atoms with Gasteiger partial charge in [-0.1, -0.05) is 0 Å². The van der Waals surface area contributed by atoms with Crippen LogP contribution in [0.2, 0.25) is 0 Å². The van der Waals surface area contributed by atoms with Gasteiger partial charge in [0.05, 0.1) is 0 Å². The van der Waals surface area contributed by atoms with Crippen LogP contribution in [0.25, 0.3) is 0 Å². The highest BCUT2D eigenvalue weighted by atomic mass is 19.4. The van der Waals surface area contributed by atoms with Gasteiger partial charge in [-0.25, -0.2) is 18.4 Å². The first-order valence-corrected chi connectivity index (χ1v) is 5.37. The Kier molecular flexibility index (Phi) is 3.92. The quantitative estimate of drug-likeness (QED) is 0.713. The second kappa shape index (κ2) is 4.63. The molecule has 0 aliphatic heterocycles. The maximum absolute atomic E-state index is 14.1. The molecule has 4 nitrogen and oxygen atoms in total. The number of halogens is 12. The van der Waals surface area contributed by atoms with E-state index >= 15 is 0 Å². The molecule has 0 heterocycles. The molecule has 1 fully saturated rings. The predicted molar refractivity (Wildman–Crippen MR) is 47.7 cm³/mol. The van der Waals surface area contributed by atoms with E-state index in [4.69, 9.17) is 10.2 Å². The van der Waals surface area contributed by atoms with Crippen LogP contribution in [0.1, 0.15) is 0 Å². The van der Waals surface area contributed by atoms with Crippen molar-refractivity contribution in [1.29, 1.82) is 0 Å². The second-order valence-corrected chi connectivity index (χ2v) is 4.80. The SMILES string of the molecule is O=C(O)C(F)(F)C1(F)C(F)(F)C(F)(F)C(F)(F)C(F)(F)C1(F)C(=O)O. The summed E-state index contributed by atoms with van der Waals surface area (Å²) < 4.78 is 160. The third kappa shape index (κ3) is 1.67. The molecule has 0 spiro atoms. The number of hydrogen-bond donors (Lipinski definition) is 2. The van der Waals surface area contributed by atoms with Crippen LogP contribution in [0, 0.1) is 0 Å². The summed E-state index contributed by atoms with van der Waals surface area (Å²) in [7, 11) is 0. The fourth-order valence-corrected chi connectivity index (χ4v) is 2.10. The largest absolute Gasteiger partial charge is 0.479 e. The minimum absolute atomic E-state index is 4.30. The molecule has 0 aromatic carbocycles. The molecule has 2 atom stereocenters. The number of carboxylic acid groups (broad SMARTS) is 2. The number of carbonyl (C=O) groups is 2. The molecule has 0 aromatic rings. The molecular weight excluding hydrogens is 400 g/mol. The predicted octanol–water partition coefficient (Wildman–Crippen LogP) is 2.76. The van der Waals surface area contributed by atoms with Crippen molar-refractivity contribution in [3.63, 3.8) is 0 Å². The van der Waals surface area contributed by atoms with E-state index in [1.807, 2.05) is 0 Å². The number of carboxylic acids is 2. The van der Waals surface area contributed by atoms with Crippen LogP contribution in [0.15, 0.2) is 0 Å². The Morgan fingerprint density at radius 3 is 1.24 bits per heavy atom. The Hall–Kier alpha value is -1.90. The molecule has 0 amide bonds. The highest BCUT2D eigenvalue weighted by molar-refractivity contribution is 5.87. The standard InChI is InChI=1S/C9H2F12O4/c10-3(1(22)23)5(13,4(11,12)2(24)25)7(16,17)9(20,21)8(18,19)6(3,14)15/h(H,22,23)(H,24,25). The smallest absolute Gasteiger partial charge is 0.386 e. The van der Waals surface area contributed by atoms with E-state index < -0.39 is 52.9 Å². The van der Waals surface area contributed by atoms with Crippen LogP contribution in [0.5, 0.6) is 0 Å². The van der Waals surface area contributed by atoms with Crippen molar-refractivity contribution >= 4 is 11.9 Å². The van der Waals surface area contributed by atoms with Crippen molar-refractivity contribution < 1.29 is 72.5 Å². The van der Waals surface area contributed by atoms with Crippen molar-refractivity contribution in [3.8, 4) is 0 Å². The lowest BCUT2D eigenvalue weighted by Gasteiger charge is -2.54. The molecule has 0 saturated heterocycles. The van der Waals surface area contributed by atoms with Gasteiger partial charge in [-0.3, -0.25) is 0 Å². The van der Waals surface area contributed by atoms with Crippen molar-refractivity contribution in [3.05, 3.63) is 0 Å². The summed E-state index contributed by atoms with van der Waals surface area (Å²) in [5.74, 6) is -47.3. The Morgan fingerprint density at radius 2 is 0.960 bits per heavy atom. The summed E-state index contributed by atoms with van der Waals surface area (Å²) in [5, 5.41) is 16.0. The molecule has 1 aliphatic rings. The van der Waals surface area contributed by atoms with Gasteiger partial charge in [0, 0.05) is 0 Å². The Morgan fingerprint density at radius 1 is 0.640 bits per heavy atom. The zero-order chi connectivity index (χ0) is 20.7. The van der Waals surface area contributed by atoms with Gasteiger partial charge in [0.2, 0.25) is 0 Å². The molecule has 25 heavy (non-hydrogen) atoms. The first kappa shape index (κ1) is 21.1. The van der Waals surface area contributed by atoms with Gasteiger partial charge < -0.3 is 10.2 Å². The van der Waals surface area contributed by atoms with E-state index in [1.165, 1.54) is 0 Å². The molecule has 16 heteroatoms. The van der Waals surface area contributed by atoms with Gasteiger partial charge in [0.25, 0.3) is 0 Å². The normalized spacial score (nSPS) is 35.8. The molecule has 0 aromatic heterocycles. The van der Waals surface area contributed by atoms with Crippen molar-refractivity contribution in [2.45, 2.75) is 41.0 Å². The zero-order valence-corrected chi connectivity index (χ0v) is 10.7. The van der Waals surface area contributed by atoms with Crippen molar-refractivity contribution in [2.24, 2.45) is 0 Å². The highest BCUT2D eigenvalue weighted by Crippen LogP contribution is 2.71.